The van der Waals surface area contributed by atoms with E-state index >= 15 is 0 Å². The molecule has 0 spiro atoms. The van der Waals surface area contributed by atoms with E-state index in [1.807, 2.05) is 33.4 Å². The number of carbonyl (C=O) groups excluding carboxylic acids is 1. The second-order valence-corrected chi connectivity index (χ2v) is 18.6. The van der Waals surface area contributed by atoms with Gasteiger partial charge in [-0.25, -0.2) is 49.8 Å². The molecule has 0 fully saturated rings. The van der Waals surface area contributed by atoms with Gasteiger partial charge in [0.1, 0.15) is 14.9 Å². The van der Waals surface area contributed by atoms with Gasteiger partial charge in [-0.2, -0.15) is 9.97 Å². The number of fused-ring (bicyclic) bond motifs is 2. The highest BCUT2D eigenvalue weighted by atomic mass is 79.9. The van der Waals surface area contributed by atoms with Crippen molar-refractivity contribution in [3.63, 3.8) is 0 Å². The van der Waals surface area contributed by atoms with E-state index in [2.05, 4.69) is 147 Å². The molecule has 0 aliphatic heterocycles. The minimum Gasteiger partial charge on any atom is -0.481 e. The van der Waals surface area contributed by atoms with Crippen molar-refractivity contribution in [2.45, 2.75) is 146 Å². The van der Waals surface area contributed by atoms with Crippen molar-refractivity contribution >= 4 is 84.6 Å². The van der Waals surface area contributed by atoms with Gasteiger partial charge < -0.3 is 63.4 Å². The molecule has 5 N–H and O–H groups in total. The molecule has 80 heavy (non-hydrogen) atoms. The lowest BCUT2D eigenvalue weighted by atomic mass is 9.82. The highest BCUT2D eigenvalue weighted by Crippen LogP contribution is 2.31. The molecular weight excluding hydrogens is 1170 g/mol. The number of imidazole rings is 2. The van der Waals surface area contributed by atoms with Crippen molar-refractivity contribution < 1.29 is 48.0 Å². The number of esters is 1. The van der Waals surface area contributed by atoms with E-state index in [1.54, 1.807) is 27.2 Å². The number of ether oxygens (including phenoxy) is 7. The summed E-state index contributed by atoms with van der Waals surface area (Å²) in [6.45, 7) is 23.7. The van der Waals surface area contributed by atoms with E-state index in [1.165, 1.54) is 34.4 Å². The fourth-order valence-corrected chi connectivity index (χ4v) is 7.92. The molecule has 0 amide bonds. The summed E-state index contributed by atoms with van der Waals surface area (Å²) >= 11 is 6.67. The van der Waals surface area contributed by atoms with Gasteiger partial charge in [-0.1, -0.05) is 41.5 Å². The Morgan fingerprint density at radius 1 is 0.625 bits per heavy atom. The van der Waals surface area contributed by atoms with Crippen LogP contribution in [-0.2, 0) is 19.0 Å². The van der Waals surface area contributed by atoms with Gasteiger partial charge in [0.2, 0.25) is 11.8 Å². The highest BCUT2D eigenvalue weighted by molar-refractivity contribution is 9.10. The van der Waals surface area contributed by atoms with Crippen molar-refractivity contribution in [1.82, 2.24) is 68.9 Å². The van der Waals surface area contributed by atoms with Gasteiger partial charge in [0.25, 0.3) is 0 Å². The Morgan fingerprint density at radius 3 is 1.56 bits per heavy atom. The molecule has 26 nitrogen and oxygen atoms in total. The molecule has 0 radical (unpaired) electrons. The van der Waals surface area contributed by atoms with Crippen molar-refractivity contribution in [2.75, 3.05) is 52.7 Å². The highest BCUT2D eigenvalue weighted by Gasteiger charge is 2.22. The Kier molecular flexibility index (Phi) is 29.3. The van der Waals surface area contributed by atoms with Gasteiger partial charge in [-0.05, 0) is 105 Å². The maximum absolute atomic E-state index is 10.4. The Hall–Kier alpha value is -6.53. The molecule has 0 aliphatic carbocycles. The molecule has 0 aliphatic rings. The van der Waals surface area contributed by atoms with Crippen molar-refractivity contribution in [1.29, 1.82) is 0 Å². The van der Waals surface area contributed by atoms with E-state index in [-0.39, 0.29) is 23.4 Å². The first kappa shape index (κ1) is 67.8. The summed E-state index contributed by atoms with van der Waals surface area (Å²) in [5, 5.41) is 21.0. The van der Waals surface area contributed by atoms with Gasteiger partial charge in [-0.15, -0.1) is 0 Å². The number of halogens is 2. The van der Waals surface area contributed by atoms with Crippen molar-refractivity contribution in [3.8, 4) is 35.0 Å². The molecule has 0 atom stereocenters. The van der Waals surface area contributed by atoms with Crippen molar-refractivity contribution in [2.24, 2.45) is 0 Å². The molecule has 7 rings (SSSR count). The fraction of sp³-hybridized carbons (Fsp3) is 0.549. The Bertz CT molecular complexity index is 3000. The maximum Gasteiger partial charge on any atom is 0.495 e. The molecule has 0 saturated carbocycles. The lowest BCUT2D eigenvalue weighted by Gasteiger charge is -2.16. The number of nitrogens with zero attached hydrogens (tertiary/aromatic N) is 14. The number of nitrogen functional groups attached to an aromatic ring is 1. The van der Waals surface area contributed by atoms with Crippen LogP contribution >= 0.6 is 31.9 Å². The standard InChI is InChI=1S/C17H22N6O2.C11H15BrN4.C10H17BrN4.C7H14O4.C6H9BN2O4/c1-6-11(7-2)23-9-19-14-15(23)20-10(3)13(21-14)12-8-18-17(25-5)22-16(12)24-4;1-4-8(5-2)16-6-13-10-11(16)14-7(3)9(12)15-10;1-4-7(5-2)14-10-9(12)15-8(11)6(3)13-10;1-4-9-7(10-5-2)11-6(3)8;1-12-5-4(7(10)11)3-8-6(9-5)13-2/h8-9,11H,6-7H2,1-5H3;6,8H,4-5H2,1-3H3;7H,4-5H2,1-3H3,(H2,12,15)(H,13,14);7H,4-5H2,1-3H3;3,10-11H,1-2H3. The van der Waals surface area contributed by atoms with Crippen LogP contribution in [0.25, 0.3) is 33.8 Å². The summed E-state index contributed by atoms with van der Waals surface area (Å²) < 4.78 is 40.1. The zero-order valence-electron chi connectivity index (χ0n) is 48.6. The molecule has 29 heteroatoms. The smallest absolute Gasteiger partial charge is 0.481 e. The van der Waals surface area contributed by atoms with Crippen LogP contribution in [0.1, 0.15) is 130 Å². The quantitative estimate of drug-likeness (QED) is 0.0300. The number of nitrogens with one attached hydrogen (secondary N) is 1. The molecule has 0 unspecified atom stereocenters. The van der Waals surface area contributed by atoms with E-state index < -0.39 is 19.6 Å². The van der Waals surface area contributed by atoms with Gasteiger partial charge in [0.05, 0.1) is 82.4 Å². The summed E-state index contributed by atoms with van der Waals surface area (Å²) in [7, 11) is 4.18. The second-order valence-electron chi connectivity index (χ2n) is 17.1. The number of nitrogens with two attached hydrogens (primary N) is 1. The minimum absolute atomic E-state index is 0.0850. The summed E-state index contributed by atoms with van der Waals surface area (Å²) in [6, 6.07) is 1.58. The zero-order valence-corrected chi connectivity index (χ0v) is 51.8. The van der Waals surface area contributed by atoms with Crippen LogP contribution in [0.15, 0.2) is 34.3 Å². The predicted octanol–water partition coefficient (Wildman–Crippen LogP) is 8.04. The van der Waals surface area contributed by atoms with E-state index in [0.717, 1.165) is 71.5 Å². The first-order chi connectivity index (χ1) is 38.3. The third-order valence-corrected chi connectivity index (χ3v) is 13.3. The van der Waals surface area contributed by atoms with E-state index in [0.29, 0.717) is 76.0 Å². The molecule has 7 aromatic heterocycles. The second kappa shape index (κ2) is 34.6. The predicted molar refractivity (Wildman–Crippen MR) is 312 cm³/mol. The van der Waals surface area contributed by atoms with Crippen molar-refractivity contribution in [3.05, 3.63) is 51.3 Å². The molecule has 7 heterocycles. The summed E-state index contributed by atoms with van der Waals surface area (Å²) in [5.74, 6) is 1.20. The number of methoxy groups -OCH3 is 4. The fourth-order valence-electron chi connectivity index (χ4n) is 7.39. The van der Waals surface area contributed by atoms with Crippen LogP contribution in [0.4, 0.5) is 11.6 Å². The first-order valence-corrected chi connectivity index (χ1v) is 27.7. The zero-order chi connectivity index (χ0) is 59.6. The average Bonchev–Trinajstić information content (AvgIpc) is 4.05. The van der Waals surface area contributed by atoms with Gasteiger partial charge in [0.15, 0.2) is 34.2 Å². The lowest BCUT2D eigenvalue weighted by molar-refractivity contribution is -0.271. The first-order valence-electron chi connectivity index (χ1n) is 26.1. The van der Waals surface area contributed by atoms with Crippen LogP contribution < -0.4 is 35.5 Å². The molecule has 7 aromatic rings. The number of hydrogen-bond acceptors (Lipinski definition) is 24. The monoisotopic (exact) mass is 1240 g/mol. The van der Waals surface area contributed by atoms with Crippen LogP contribution in [-0.4, -0.2) is 146 Å². The molecule has 0 bridgehead atoms. The number of carbonyl (C=O) groups is 1. The Labute approximate surface area is 484 Å². The maximum atomic E-state index is 10.4. The van der Waals surface area contributed by atoms with Crippen LogP contribution in [0.3, 0.4) is 0 Å². The summed E-state index contributed by atoms with van der Waals surface area (Å²) in [4.78, 5) is 61.8. The summed E-state index contributed by atoms with van der Waals surface area (Å²) in [5.41, 5.74) is 12.7. The molecule has 438 valence electrons. The third-order valence-electron chi connectivity index (χ3n) is 11.8. The normalized spacial score (nSPS) is 10.8. The number of rotatable bonds is 21. The number of aryl methyl sites for hydroxylation is 3. The largest absolute Gasteiger partial charge is 0.495 e. The SMILES string of the molecule is CCC(CC)Nc1nc(C)c(Br)nc1N.CCC(CC)n1cnc2nc(-c3cnc(OC)nc3OC)c(C)nc21.CCC(CC)n1cnc2nc(Br)c(C)nc21.CCOC(OCC)OC(C)=O.COc1ncc(B(O)O)c(OC)n1. The average molecular weight is 1240 g/mol. The van der Waals surface area contributed by atoms with Crippen LogP contribution in [0.5, 0.6) is 23.8 Å². The van der Waals surface area contributed by atoms with E-state index in [9.17, 15) is 4.79 Å². The van der Waals surface area contributed by atoms with Gasteiger partial charge >= 0.3 is 31.6 Å². The third kappa shape index (κ3) is 19.3. The van der Waals surface area contributed by atoms with E-state index in [4.69, 9.17) is 49.2 Å². The number of hydrogen-bond donors (Lipinski definition) is 4. The van der Waals surface area contributed by atoms with Gasteiger partial charge in [0, 0.05) is 37.4 Å². The van der Waals surface area contributed by atoms with Gasteiger partial charge in [-0.3, -0.25) is 4.79 Å². The van der Waals surface area contributed by atoms with Crippen LogP contribution in [0.2, 0.25) is 0 Å². The Balaban J connectivity index is 0.000000272. The topological polar surface area (TPSA) is 325 Å². The molecule has 0 saturated heterocycles. The van der Waals surface area contributed by atoms with Crippen LogP contribution in [0, 0.1) is 20.8 Å². The minimum atomic E-state index is -1.65. The lowest BCUT2D eigenvalue weighted by Crippen LogP contribution is -2.32. The molecule has 0 aromatic carbocycles. The number of aromatic nitrogens is 14. The molecular formula is C51H77BBr2N16O10. The number of anilines is 2. The summed E-state index contributed by atoms with van der Waals surface area (Å²) in [6.07, 6.45) is 12.8. The Morgan fingerprint density at radius 2 is 1.10 bits per heavy atom.